The quantitative estimate of drug-likeness (QED) is 0.688. The number of carbonyl (C=O) groups is 1. The maximum absolute atomic E-state index is 13.0. The number of likely N-dealkylation sites (tertiary alicyclic amines) is 1. The highest BCUT2D eigenvalue weighted by atomic mass is 32.2. The first-order valence-corrected chi connectivity index (χ1v) is 11.3. The number of sulfonamides is 1. The largest absolute Gasteiger partial charge is 0.332 e. The van der Waals surface area contributed by atoms with E-state index >= 15 is 0 Å². The Bertz CT molecular complexity index is 1050. The number of nitrogens with one attached hydrogen (secondary N) is 1. The average Bonchev–Trinajstić information content (AvgIpc) is 3.39. The molecule has 1 aromatic carbocycles. The second-order valence-corrected chi connectivity index (χ2v) is 9.04. The van der Waals surface area contributed by atoms with Crippen LogP contribution in [0.15, 0.2) is 70.5 Å². The number of nitrogens with zero attached hydrogens (tertiary/aromatic N) is 2. The third-order valence-corrected chi connectivity index (χ3v) is 6.88. The van der Waals surface area contributed by atoms with Crippen LogP contribution in [0.3, 0.4) is 0 Å². The molecule has 0 saturated carbocycles. The number of pyridine rings is 1. The molecule has 0 aliphatic carbocycles. The van der Waals surface area contributed by atoms with E-state index in [2.05, 4.69) is 21.2 Å². The maximum Gasteiger partial charge on any atom is 0.261 e. The molecule has 28 heavy (non-hydrogen) atoms. The van der Waals surface area contributed by atoms with Crippen molar-refractivity contribution in [1.29, 1.82) is 0 Å². The molecule has 0 bridgehead atoms. The molecule has 3 aromatic rings. The molecule has 0 spiro atoms. The third-order valence-electron chi connectivity index (χ3n) is 4.79. The van der Waals surface area contributed by atoms with Crippen LogP contribution in [-0.4, -0.2) is 30.8 Å². The molecule has 144 valence electrons. The number of hydrogen-bond donors (Lipinski definition) is 1. The Morgan fingerprint density at radius 2 is 1.86 bits per heavy atom. The van der Waals surface area contributed by atoms with Gasteiger partial charge in [-0.3, -0.25) is 14.5 Å². The summed E-state index contributed by atoms with van der Waals surface area (Å²) >= 11 is 1.63. The standard InChI is InChI=1S/C20H19N3O3S2/c24-20(23-12-1-2-19(23)16-9-13-27-14-16)15-3-5-18(6-4-15)28(25,26)22-17-7-10-21-11-8-17/h3-11,13-14,19H,1-2,12H2,(H,21,22)/t19-/m1/s1. The van der Waals surface area contributed by atoms with Crippen molar-refractivity contribution < 1.29 is 13.2 Å². The van der Waals surface area contributed by atoms with Crippen molar-refractivity contribution >= 4 is 33.0 Å². The van der Waals surface area contributed by atoms with E-state index in [0.29, 0.717) is 17.8 Å². The van der Waals surface area contributed by atoms with Crippen LogP contribution in [-0.2, 0) is 10.0 Å². The van der Waals surface area contributed by atoms with Crippen LogP contribution in [0.4, 0.5) is 5.69 Å². The predicted molar refractivity (Wildman–Crippen MR) is 109 cm³/mol. The SMILES string of the molecule is O=C(c1ccc(S(=O)(=O)Nc2ccncc2)cc1)N1CCC[C@@H]1c1ccsc1. The van der Waals surface area contributed by atoms with Crippen LogP contribution in [0, 0.1) is 0 Å². The molecule has 1 N–H and O–H groups in total. The van der Waals surface area contributed by atoms with E-state index in [1.54, 1.807) is 35.6 Å². The zero-order chi connectivity index (χ0) is 19.6. The molecule has 4 rings (SSSR count). The molecule has 1 saturated heterocycles. The Hall–Kier alpha value is -2.71. The Labute approximate surface area is 167 Å². The first-order chi connectivity index (χ1) is 13.5. The monoisotopic (exact) mass is 413 g/mol. The van der Waals surface area contributed by atoms with E-state index < -0.39 is 10.0 Å². The molecule has 6 nitrogen and oxygen atoms in total. The molecule has 3 heterocycles. The van der Waals surface area contributed by atoms with Crippen molar-refractivity contribution in [3.05, 3.63) is 76.7 Å². The van der Waals surface area contributed by atoms with Crippen LogP contribution in [0.25, 0.3) is 0 Å². The molecule has 0 radical (unpaired) electrons. The summed E-state index contributed by atoms with van der Waals surface area (Å²) in [4.78, 5) is 18.8. The molecular weight excluding hydrogens is 394 g/mol. The third kappa shape index (κ3) is 3.79. The van der Waals surface area contributed by atoms with Crippen LogP contribution in [0.1, 0.15) is 34.8 Å². The molecule has 1 atom stereocenters. The van der Waals surface area contributed by atoms with Gasteiger partial charge in [-0.1, -0.05) is 0 Å². The number of hydrogen-bond acceptors (Lipinski definition) is 5. The van der Waals surface area contributed by atoms with Gasteiger partial charge in [0, 0.05) is 24.5 Å². The molecule has 1 aliphatic rings. The van der Waals surface area contributed by atoms with Crippen LogP contribution < -0.4 is 4.72 Å². The van der Waals surface area contributed by atoms with Crippen molar-refractivity contribution in [2.75, 3.05) is 11.3 Å². The van der Waals surface area contributed by atoms with Gasteiger partial charge in [0.1, 0.15) is 0 Å². The summed E-state index contributed by atoms with van der Waals surface area (Å²) in [5, 5.41) is 4.10. The summed E-state index contributed by atoms with van der Waals surface area (Å²) in [5.74, 6) is -0.0697. The predicted octanol–water partition coefficient (Wildman–Crippen LogP) is 3.92. The van der Waals surface area contributed by atoms with Gasteiger partial charge in [-0.2, -0.15) is 11.3 Å². The normalized spacial score (nSPS) is 16.9. The second kappa shape index (κ2) is 7.73. The molecule has 1 amide bonds. The van der Waals surface area contributed by atoms with Gasteiger partial charge in [0.25, 0.3) is 15.9 Å². The highest BCUT2D eigenvalue weighted by molar-refractivity contribution is 7.92. The molecular formula is C20H19N3O3S2. The first kappa shape index (κ1) is 18.6. The number of anilines is 1. The van der Waals surface area contributed by atoms with Crippen molar-refractivity contribution in [2.24, 2.45) is 0 Å². The number of thiophene rings is 1. The van der Waals surface area contributed by atoms with E-state index in [0.717, 1.165) is 18.4 Å². The Kier molecular flexibility index (Phi) is 5.15. The highest BCUT2D eigenvalue weighted by Crippen LogP contribution is 2.34. The minimum atomic E-state index is -3.72. The molecule has 1 fully saturated rings. The minimum absolute atomic E-state index is 0.0697. The zero-order valence-electron chi connectivity index (χ0n) is 15.0. The van der Waals surface area contributed by atoms with Crippen molar-refractivity contribution in [3.63, 3.8) is 0 Å². The first-order valence-electron chi connectivity index (χ1n) is 8.90. The fourth-order valence-corrected chi connectivity index (χ4v) is 5.16. The van der Waals surface area contributed by atoms with Crippen LogP contribution in [0.2, 0.25) is 0 Å². The molecule has 1 aliphatic heterocycles. The van der Waals surface area contributed by atoms with Gasteiger partial charge in [0.15, 0.2) is 0 Å². The fraction of sp³-hybridized carbons (Fsp3) is 0.200. The van der Waals surface area contributed by atoms with Gasteiger partial charge in [-0.15, -0.1) is 0 Å². The van der Waals surface area contributed by atoms with Crippen LogP contribution >= 0.6 is 11.3 Å². The summed E-state index contributed by atoms with van der Waals surface area (Å²) in [5.41, 5.74) is 2.09. The number of rotatable bonds is 5. The Morgan fingerprint density at radius 3 is 2.54 bits per heavy atom. The Balaban J connectivity index is 1.52. The lowest BCUT2D eigenvalue weighted by atomic mass is 10.1. The van der Waals surface area contributed by atoms with E-state index in [1.165, 1.54) is 24.5 Å². The zero-order valence-corrected chi connectivity index (χ0v) is 16.6. The highest BCUT2D eigenvalue weighted by Gasteiger charge is 2.31. The van der Waals surface area contributed by atoms with Gasteiger partial charge in [0.2, 0.25) is 0 Å². The van der Waals surface area contributed by atoms with Crippen molar-refractivity contribution in [1.82, 2.24) is 9.88 Å². The van der Waals surface area contributed by atoms with Gasteiger partial charge in [0.05, 0.1) is 16.6 Å². The van der Waals surface area contributed by atoms with Gasteiger partial charge in [-0.25, -0.2) is 8.42 Å². The average molecular weight is 414 g/mol. The number of carbonyl (C=O) groups excluding carboxylic acids is 1. The van der Waals surface area contributed by atoms with Crippen molar-refractivity contribution in [2.45, 2.75) is 23.8 Å². The molecule has 0 unspecified atom stereocenters. The summed E-state index contributed by atoms with van der Waals surface area (Å²) in [6.45, 7) is 0.711. The molecule has 2 aromatic heterocycles. The number of benzene rings is 1. The van der Waals surface area contributed by atoms with Crippen molar-refractivity contribution in [3.8, 4) is 0 Å². The summed E-state index contributed by atoms with van der Waals surface area (Å²) in [7, 11) is -3.72. The van der Waals surface area contributed by atoms with Gasteiger partial charge in [-0.05, 0) is 71.6 Å². The lowest BCUT2D eigenvalue weighted by molar-refractivity contribution is 0.0736. The summed E-state index contributed by atoms with van der Waals surface area (Å²) in [6.07, 6.45) is 4.94. The topological polar surface area (TPSA) is 79.4 Å². The maximum atomic E-state index is 13.0. The Morgan fingerprint density at radius 1 is 1.11 bits per heavy atom. The fourth-order valence-electron chi connectivity index (χ4n) is 3.40. The van der Waals surface area contributed by atoms with E-state index in [-0.39, 0.29) is 16.8 Å². The lowest BCUT2D eigenvalue weighted by Crippen LogP contribution is -2.30. The van der Waals surface area contributed by atoms with E-state index in [1.807, 2.05) is 10.3 Å². The lowest BCUT2D eigenvalue weighted by Gasteiger charge is -2.24. The van der Waals surface area contributed by atoms with Gasteiger partial charge < -0.3 is 4.90 Å². The summed E-state index contributed by atoms with van der Waals surface area (Å²) in [6, 6.07) is 11.4. The minimum Gasteiger partial charge on any atom is -0.332 e. The number of amides is 1. The smallest absolute Gasteiger partial charge is 0.261 e. The molecule has 8 heteroatoms. The van der Waals surface area contributed by atoms with E-state index in [9.17, 15) is 13.2 Å². The van der Waals surface area contributed by atoms with E-state index in [4.69, 9.17) is 0 Å². The van der Waals surface area contributed by atoms with Gasteiger partial charge >= 0.3 is 0 Å². The number of aromatic nitrogens is 1. The van der Waals surface area contributed by atoms with Crippen LogP contribution in [0.5, 0.6) is 0 Å². The second-order valence-electron chi connectivity index (χ2n) is 6.58. The summed E-state index contributed by atoms with van der Waals surface area (Å²) < 4.78 is 27.5.